The highest BCUT2D eigenvalue weighted by Gasteiger charge is 2.31. The van der Waals surface area contributed by atoms with Crippen molar-refractivity contribution < 1.29 is 9.85 Å². The number of hydrogen-bond acceptors (Lipinski definition) is 10. The molecule has 24 heavy (non-hydrogen) atoms. The lowest BCUT2D eigenvalue weighted by Gasteiger charge is -2.32. The number of aromatic nitrogens is 6. The Hall–Kier alpha value is -3.32. The minimum Gasteiger partial charge on any atom is -0.390 e. The third-order valence-electron chi connectivity index (χ3n) is 3.63. The molecule has 1 saturated heterocycles. The maximum Gasteiger partial charge on any atom is 0.493 e. The summed E-state index contributed by atoms with van der Waals surface area (Å²) in [7, 11) is 3.18. The first-order valence-corrected chi connectivity index (χ1v) is 6.97. The Morgan fingerprint density at radius 3 is 1.38 bits per heavy atom. The van der Waals surface area contributed by atoms with Crippen molar-refractivity contribution in [1.82, 2.24) is 29.5 Å². The predicted octanol–water partition coefficient (Wildman–Crippen LogP) is -0.913. The second kappa shape index (κ2) is 5.71. The highest BCUT2D eigenvalue weighted by molar-refractivity contribution is 5.40. The van der Waals surface area contributed by atoms with Crippen molar-refractivity contribution in [2.45, 2.75) is 0 Å². The van der Waals surface area contributed by atoms with E-state index in [1.54, 1.807) is 14.1 Å². The number of piperazine rings is 1. The lowest BCUT2D eigenvalue weighted by molar-refractivity contribution is -0.394. The Kier molecular flexibility index (Phi) is 3.70. The van der Waals surface area contributed by atoms with E-state index in [0.29, 0.717) is 38.1 Å². The molecule has 0 radical (unpaired) electrons. The molecule has 0 spiro atoms. The van der Waals surface area contributed by atoms with Gasteiger partial charge in [-0.05, 0) is 19.8 Å². The van der Waals surface area contributed by atoms with Gasteiger partial charge in [0.25, 0.3) is 0 Å². The third kappa shape index (κ3) is 2.68. The Labute approximate surface area is 134 Å². The van der Waals surface area contributed by atoms with Crippen LogP contribution in [0.1, 0.15) is 0 Å². The standard InChI is InChI=1S/C10H14N10O4/c1-15-9(11-7(13-15)19(21)22)17-3-5-18(6-4-17)10-12-8(20(23)24)14-16(10)2/h3-6H2,1-2H3. The SMILES string of the molecule is Cn1nc([N+](=O)[O-])nc1N1CCN(c2nc([N+](=O)[O-])nn2C)CC1. The van der Waals surface area contributed by atoms with Crippen molar-refractivity contribution in [2.24, 2.45) is 14.1 Å². The third-order valence-corrected chi connectivity index (χ3v) is 3.63. The van der Waals surface area contributed by atoms with E-state index in [1.165, 1.54) is 9.36 Å². The van der Waals surface area contributed by atoms with Crippen molar-refractivity contribution in [1.29, 1.82) is 0 Å². The molecule has 0 amide bonds. The minimum absolute atomic E-state index is 0.408. The molecule has 0 N–H and O–H groups in total. The monoisotopic (exact) mass is 338 g/mol. The Bertz CT molecular complexity index is 723. The van der Waals surface area contributed by atoms with Crippen LogP contribution in [0.3, 0.4) is 0 Å². The molecule has 0 aromatic carbocycles. The van der Waals surface area contributed by atoms with Crippen molar-refractivity contribution in [3.63, 3.8) is 0 Å². The second-order valence-electron chi connectivity index (χ2n) is 5.16. The van der Waals surface area contributed by atoms with Crippen LogP contribution in [-0.2, 0) is 14.1 Å². The predicted molar refractivity (Wildman–Crippen MR) is 79.7 cm³/mol. The zero-order valence-corrected chi connectivity index (χ0v) is 12.9. The van der Waals surface area contributed by atoms with Crippen molar-refractivity contribution in [2.75, 3.05) is 36.0 Å². The summed E-state index contributed by atoms with van der Waals surface area (Å²) in [6, 6.07) is 0. The van der Waals surface area contributed by atoms with Gasteiger partial charge in [-0.15, -0.1) is 0 Å². The minimum atomic E-state index is -0.640. The first-order chi connectivity index (χ1) is 11.4. The van der Waals surface area contributed by atoms with E-state index in [2.05, 4.69) is 20.2 Å². The van der Waals surface area contributed by atoms with Gasteiger partial charge in [0, 0.05) is 50.5 Å². The number of rotatable bonds is 4. The Balaban J connectivity index is 1.72. The molecule has 0 bridgehead atoms. The van der Waals surface area contributed by atoms with E-state index in [0.717, 1.165) is 0 Å². The molecule has 1 aliphatic heterocycles. The summed E-state index contributed by atoms with van der Waals surface area (Å²) in [5.41, 5.74) is 0. The summed E-state index contributed by atoms with van der Waals surface area (Å²) in [5.74, 6) is -0.0756. The zero-order valence-electron chi connectivity index (χ0n) is 12.9. The molecule has 0 saturated carbocycles. The van der Waals surface area contributed by atoms with Crippen LogP contribution in [0, 0.1) is 20.2 Å². The molecule has 3 rings (SSSR count). The number of hydrogen-bond donors (Lipinski definition) is 0. The molecular formula is C10H14N10O4. The largest absolute Gasteiger partial charge is 0.493 e. The van der Waals surface area contributed by atoms with Crippen LogP contribution in [0.4, 0.5) is 23.8 Å². The average molecular weight is 338 g/mol. The van der Waals surface area contributed by atoms with Crippen molar-refractivity contribution in [3.05, 3.63) is 20.2 Å². The number of nitrogens with zero attached hydrogens (tertiary/aromatic N) is 10. The van der Waals surface area contributed by atoms with E-state index in [4.69, 9.17) is 0 Å². The fourth-order valence-corrected chi connectivity index (χ4v) is 2.54. The normalized spacial score (nSPS) is 14.9. The van der Waals surface area contributed by atoms with Gasteiger partial charge in [0.15, 0.2) is 0 Å². The lowest BCUT2D eigenvalue weighted by atomic mass is 10.3. The van der Waals surface area contributed by atoms with Crippen LogP contribution in [0.2, 0.25) is 0 Å². The second-order valence-corrected chi connectivity index (χ2v) is 5.16. The molecule has 14 heteroatoms. The summed E-state index contributed by atoms with van der Waals surface area (Å²) in [6.45, 7) is 2.07. The van der Waals surface area contributed by atoms with Crippen LogP contribution >= 0.6 is 0 Å². The highest BCUT2D eigenvalue weighted by Crippen LogP contribution is 2.20. The topological polar surface area (TPSA) is 154 Å². The quantitative estimate of drug-likeness (QED) is 0.505. The van der Waals surface area contributed by atoms with E-state index < -0.39 is 21.7 Å². The lowest BCUT2D eigenvalue weighted by Crippen LogP contribution is -2.48. The molecule has 0 atom stereocenters. The average Bonchev–Trinajstić information content (AvgIpc) is 3.11. The van der Waals surface area contributed by atoms with Gasteiger partial charge < -0.3 is 30.0 Å². The van der Waals surface area contributed by atoms with Gasteiger partial charge in [-0.1, -0.05) is 0 Å². The molecule has 2 aromatic rings. The summed E-state index contributed by atoms with van der Waals surface area (Å²) in [5, 5.41) is 29.0. The van der Waals surface area contributed by atoms with Gasteiger partial charge in [0.05, 0.1) is 0 Å². The van der Waals surface area contributed by atoms with Gasteiger partial charge in [-0.2, -0.15) is 9.36 Å². The fraction of sp³-hybridized carbons (Fsp3) is 0.600. The summed E-state index contributed by atoms with van der Waals surface area (Å²) < 4.78 is 2.72. The smallest absolute Gasteiger partial charge is 0.390 e. The van der Waals surface area contributed by atoms with Crippen molar-refractivity contribution in [3.8, 4) is 0 Å². The molecule has 14 nitrogen and oxygen atoms in total. The molecule has 0 aliphatic carbocycles. The Morgan fingerprint density at radius 1 is 0.792 bits per heavy atom. The van der Waals surface area contributed by atoms with Gasteiger partial charge in [-0.25, -0.2) is 0 Å². The van der Waals surface area contributed by atoms with Crippen LogP contribution in [0.5, 0.6) is 0 Å². The number of anilines is 2. The van der Waals surface area contributed by atoms with E-state index in [1.807, 2.05) is 9.80 Å². The highest BCUT2D eigenvalue weighted by atomic mass is 16.6. The molecule has 0 unspecified atom stereocenters. The summed E-state index contributed by atoms with van der Waals surface area (Å²) >= 11 is 0. The Morgan fingerprint density at radius 2 is 1.12 bits per heavy atom. The van der Waals surface area contributed by atoms with Crippen LogP contribution in [0.25, 0.3) is 0 Å². The molecule has 128 valence electrons. The van der Waals surface area contributed by atoms with Gasteiger partial charge in [0.1, 0.15) is 0 Å². The fourth-order valence-electron chi connectivity index (χ4n) is 2.54. The van der Waals surface area contributed by atoms with E-state index in [9.17, 15) is 20.2 Å². The zero-order chi connectivity index (χ0) is 17.4. The van der Waals surface area contributed by atoms with Crippen LogP contribution < -0.4 is 9.80 Å². The molecule has 3 heterocycles. The molecular weight excluding hydrogens is 324 g/mol. The summed E-state index contributed by atoms with van der Waals surface area (Å²) in [4.78, 5) is 31.8. The van der Waals surface area contributed by atoms with Crippen LogP contribution in [0.15, 0.2) is 0 Å². The van der Waals surface area contributed by atoms with Gasteiger partial charge >= 0.3 is 23.8 Å². The van der Waals surface area contributed by atoms with Crippen LogP contribution in [-0.4, -0.2) is 65.6 Å². The number of nitro groups is 2. The maximum atomic E-state index is 10.7. The van der Waals surface area contributed by atoms with E-state index in [-0.39, 0.29) is 0 Å². The molecule has 1 fully saturated rings. The molecule has 2 aromatic heterocycles. The maximum absolute atomic E-state index is 10.7. The van der Waals surface area contributed by atoms with E-state index >= 15 is 0 Å². The number of aryl methyl sites for hydroxylation is 2. The summed E-state index contributed by atoms with van der Waals surface area (Å²) in [6.07, 6.45) is 0. The van der Waals surface area contributed by atoms with Crippen molar-refractivity contribution >= 4 is 23.8 Å². The molecule has 1 aliphatic rings. The van der Waals surface area contributed by atoms with Gasteiger partial charge in [0.2, 0.25) is 0 Å². The first kappa shape index (κ1) is 15.6. The van der Waals surface area contributed by atoms with Gasteiger partial charge in [-0.3, -0.25) is 0 Å². The first-order valence-electron chi connectivity index (χ1n) is 6.97.